The van der Waals surface area contributed by atoms with Gasteiger partial charge in [0.25, 0.3) is 0 Å². The molecule has 0 aliphatic carbocycles. The molecule has 4 amide bonds. The van der Waals surface area contributed by atoms with Crippen LogP contribution in [0, 0.1) is 11.8 Å². The van der Waals surface area contributed by atoms with Crippen LogP contribution >= 0.6 is 0 Å². The average molecular weight is 1150 g/mol. The summed E-state index contributed by atoms with van der Waals surface area (Å²) in [6, 6.07) is -2.38. The number of aliphatic carboxylic acids is 5. The molecule has 80 heavy (non-hydrogen) atoms. The highest BCUT2D eigenvalue weighted by Gasteiger charge is 2.26. The number of methoxy groups -OCH3 is 1. The number of carbonyl (C=O) groups excluding carboxylic acids is 6. The topological polar surface area (TPSA) is 374 Å². The second kappa shape index (κ2) is 52.8. The molecule has 24 heteroatoms. The van der Waals surface area contributed by atoms with Crippen LogP contribution in [0.25, 0.3) is 0 Å². The van der Waals surface area contributed by atoms with E-state index in [1.165, 1.54) is 44.9 Å². The van der Waals surface area contributed by atoms with Gasteiger partial charge in [-0.1, -0.05) is 97.3 Å². The largest absolute Gasteiger partial charge is 0.481 e. The summed E-state index contributed by atoms with van der Waals surface area (Å²) in [4.78, 5) is 127. The van der Waals surface area contributed by atoms with Gasteiger partial charge in [-0.05, 0) is 51.4 Å². The van der Waals surface area contributed by atoms with Crippen LogP contribution in [-0.2, 0) is 71.7 Å². The fourth-order valence-electron chi connectivity index (χ4n) is 7.81. The Morgan fingerprint density at radius 2 is 0.900 bits per heavy atom. The number of unbranched alkanes of at least 4 members (excludes halogenated alkanes) is 14. The van der Waals surface area contributed by atoms with Crippen molar-refractivity contribution in [3.63, 3.8) is 0 Å². The monoisotopic (exact) mass is 1150 g/mol. The first-order valence-electron chi connectivity index (χ1n) is 28.7. The summed E-state index contributed by atoms with van der Waals surface area (Å²) in [6.45, 7) is 5.65. The lowest BCUT2D eigenvalue weighted by molar-refractivity contribution is -0.145. The molecule has 0 radical (unpaired) electrons. The fourth-order valence-corrected chi connectivity index (χ4v) is 7.81. The second-order valence-electron chi connectivity index (χ2n) is 19.9. The molecule has 0 heterocycles. The van der Waals surface area contributed by atoms with Crippen LogP contribution in [0.2, 0.25) is 0 Å². The Kier molecular flexibility index (Phi) is 50.4. The van der Waals surface area contributed by atoms with Crippen LogP contribution in [0.3, 0.4) is 0 Å². The van der Waals surface area contributed by atoms with E-state index in [1.54, 1.807) is 21.0 Å². The summed E-state index contributed by atoms with van der Waals surface area (Å²) in [6.07, 6.45) is 18.0. The molecule has 9 N–H and O–H groups in total. The molecule has 0 aromatic heterocycles. The summed E-state index contributed by atoms with van der Waals surface area (Å²) in [7, 11) is 1.59. The van der Waals surface area contributed by atoms with E-state index in [0.29, 0.717) is 77.9 Å². The Balaban J connectivity index is -0.00000149. The molecule has 0 fully saturated rings. The van der Waals surface area contributed by atoms with Gasteiger partial charge in [0.05, 0.1) is 44.9 Å². The van der Waals surface area contributed by atoms with Crippen LogP contribution in [0.15, 0.2) is 0 Å². The molecule has 0 aliphatic rings. The first kappa shape index (κ1) is 76.5. The Morgan fingerprint density at radius 3 is 1.43 bits per heavy atom. The third kappa shape index (κ3) is 50.6. The third-order valence-corrected chi connectivity index (χ3v) is 12.7. The number of ketones is 2. The number of rotatable bonds is 55. The van der Waals surface area contributed by atoms with E-state index in [1.807, 2.05) is 0 Å². The molecule has 464 valence electrons. The Morgan fingerprint density at radius 1 is 0.412 bits per heavy atom. The highest BCUT2D eigenvalue weighted by atomic mass is 16.5. The number of hydrogen-bond acceptors (Lipinski definition) is 15. The first-order valence-corrected chi connectivity index (χ1v) is 28.7. The van der Waals surface area contributed by atoms with Gasteiger partial charge in [-0.2, -0.15) is 0 Å². The van der Waals surface area contributed by atoms with Gasteiger partial charge in [0.15, 0.2) is 5.78 Å². The Bertz CT molecular complexity index is 1770. The van der Waals surface area contributed by atoms with Crippen molar-refractivity contribution in [2.45, 2.75) is 212 Å². The molecule has 0 unspecified atom stereocenters. The lowest BCUT2D eigenvalue weighted by atomic mass is 9.97. The van der Waals surface area contributed by atoms with Crippen molar-refractivity contribution in [1.82, 2.24) is 21.3 Å². The normalized spacial score (nSPS) is 12.4. The van der Waals surface area contributed by atoms with Gasteiger partial charge in [-0.15, -0.1) is 0 Å². The first-order chi connectivity index (χ1) is 38.2. The van der Waals surface area contributed by atoms with Crippen molar-refractivity contribution in [1.29, 1.82) is 0 Å². The molecule has 0 aliphatic heterocycles. The lowest BCUT2D eigenvalue weighted by Crippen LogP contribution is -2.42. The minimum atomic E-state index is -1.36. The van der Waals surface area contributed by atoms with E-state index < -0.39 is 71.4 Å². The standard InChI is InChI=1S/C29H53NO8.C27H45N3O12.H2/c1-37-23-24-38-22-16-17-25(31)20-21-26(29(35)36)30-27(32)18-14-12-10-8-6-4-2-3-5-7-9-11-13-15-19-28(33)34;1-3-22(32)29-12-13-41-14-15-42-17-20(31)16-19(26(37)38)7-9-24(34)30-21(27(39)40)8-10-23(33)28-11-5-4-6-18(2)25(35)36;/h26H,2-24H2,1H3,(H,30,32)(H,33,34)(H,35,36);18-19,21H,3-17H2,1-2H3,(H,28,33)(H,29,32)(H,30,34)(H,35,36)(H,37,38)(H,39,40);1H/t26-;18-,19+,21-;/m00./s1. The van der Waals surface area contributed by atoms with Gasteiger partial charge in [0, 0.05) is 79.6 Å². The van der Waals surface area contributed by atoms with Crippen molar-refractivity contribution >= 4 is 65.0 Å². The van der Waals surface area contributed by atoms with E-state index in [2.05, 4.69) is 21.3 Å². The summed E-state index contributed by atoms with van der Waals surface area (Å²) < 4.78 is 20.6. The molecule has 0 rings (SSSR count). The van der Waals surface area contributed by atoms with Gasteiger partial charge >= 0.3 is 29.8 Å². The quantitative estimate of drug-likeness (QED) is 0.0303. The summed E-state index contributed by atoms with van der Waals surface area (Å²) in [5.41, 5.74) is 0. The van der Waals surface area contributed by atoms with Crippen molar-refractivity contribution in [3.8, 4) is 0 Å². The zero-order chi connectivity index (χ0) is 60.2. The van der Waals surface area contributed by atoms with Crippen molar-refractivity contribution in [2.75, 3.05) is 66.4 Å². The van der Waals surface area contributed by atoms with E-state index in [-0.39, 0.29) is 96.8 Å². The number of hydrogen-bond donors (Lipinski definition) is 9. The minimum Gasteiger partial charge on any atom is -0.481 e. The van der Waals surface area contributed by atoms with Crippen LogP contribution < -0.4 is 21.3 Å². The highest BCUT2D eigenvalue weighted by Crippen LogP contribution is 2.16. The number of ether oxygens (including phenoxy) is 4. The SMILES string of the molecule is CCC(=O)NCCOCCOCC(=O)C[C@@H](CCC(=O)N[C@@H](CCC(=O)NCCCC[C@H](C)C(=O)O)C(=O)O)C(=O)O.COCCOCCCC(=O)CC[C@H](NC(=O)CCCCCCCCCCCCCCCCC(=O)O)C(=O)O.[HH]. The number of amides is 4. The average Bonchev–Trinajstić information content (AvgIpc) is 3.40. The van der Waals surface area contributed by atoms with Gasteiger partial charge in [0.2, 0.25) is 23.6 Å². The van der Waals surface area contributed by atoms with Gasteiger partial charge in [-0.25, -0.2) is 9.59 Å². The van der Waals surface area contributed by atoms with Gasteiger partial charge in [-0.3, -0.25) is 43.2 Å². The van der Waals surface area contributed by atoms with E-state index >= 15 is 0 Å². The molecule has 0 saturated carbocycles. The van der Waals surface area contributed by atoms with E-state index in [0.717, 1.165) is 44.9 Å². The maximum atomic E-state index is 12.3. The molecule has 4 atom stereocenters. The molecule has 0 spiro atoms. The molecule has 0 aromatic rings. The number of Topliss-reactive ketones (excluding diaryl/α,β-unsaturated/α-hetero) is 2. The van der Waals surface area contributed by atoms with E-state index in [9.17, 15) is 68.1 Å². The Labute approximate surface area is 474 Å². The summed E-state index contributed by atoms with van der Waals surface area (Å²) >= 11 is 0. The van der Waals surface area contributed by atoms with Crippen LogP contribution in [0.1, 0.15) is 201 Å². The minimum absolute atomic E-state index is 0. The zero-order valence-corrected chi connectivity index (χ0v) is 48.0. The summed E-state index contributed by atoms with van der Waals surface area (Å²) in [5.74, 6) is -8.98. The smallest absolute Gasteiger partial charge is 0.326 e. The molecule has 0 aromatic carbocycles. The van der Waals surface area contributed by atoms with Crippen molar-refractivity contribution < 1.29 is 98.6 Å². The predicted octanol–water partition coefficient (Wildman–Crippen LogP) is 6.26. The molecule has 0 saturated heterocycles. The molecule has 0 bridgehead atoms. The molecular formula is C56H100N4O20. The van der Waals surface area contributed by atoms with Crippen LogP contribution in [-0.4, -0.2) is 169 Å². The molecular weight excluding hydrogens is 1050 g/mol. The maximum Gasteiger partial charge on any atom is 0.326 e. The van der Waals surface area contributed by atoms with Crippen LogP contribution in [0.5, 0.6) is 0 Å². The lowest BCUT2D eigenvalue weighted by Gasteiger charge is -2.16. The molecule has 24 nitrogen and oxygen atoms in total. The van der Waals surface area contributed by atoms with Gasteiger partial charge < -0.3 is 65.7 Å². The number of carbonyl (C=O) groups is 11. The second-order valence-corrected chi connectivity index (χ2v) is 19.9. The number of carboxylic acids is 5. The van der Waals surface area contributed by atoms with Crippen LogP contribution in [0.4, 0.5) is 0 Å². The van der Waals surface area contributed by atoms with E-state index in [4.69, 9.17) is 29.2 Å². The predicted molar refractivity (Wildman–Crippen MR) is 297 cm³/mol. The summed E-state index contributed by atoms with van der Waals surface area (Å²) in [5, 5.41) is 55.7. The maximum absolute atomic E-state index is 12.3. The third-order valence-electron chi connectivity index (χ3n) is 12.7. The zero-order valence-electron chi connectivity index (χ0n) is 48.0. The van der Waals surface area contributed by atoms with Crippen molar-refractivity contribution in [2.24, 2.45) is 11.8 Å². The Hall–Kier alpha value is -5.59. The van der Waals surface area contributed by atoms with Gasteiger partial charge in [0.1, 0.15) is 24.5 Å². The number of nitrogens with one attached hydrogen (secondary N) is 4. The highest BCUT2D eigenvalue weighted by molar-refractivity contribution is 5.87. The fraction of sp³-hybridized carbons (Fsp3) is 0.804. The number of carboxylic acid groups (broad SMARTS) is 5. The van der Waals surface area contributed by atoms with Crippen molar-refractivity contribution in [3.05, 3.63) is 0 Å².